The molecule has 0 unspecified atom stereocenters. The van der Waals surface area contributed by atoms with E-state index in [0.29, 0.717) is 5.69 Å². The number of nitrogens with zero attached hydrogens (tertiary/aromatic N) is 6. The third-order valence-corrected chi connectivity index (χ3v) is 7.05. The highest BCUT2D eigenvalue weighted by Gasteiger charge is 2.24. The summed E-state index contributed by atoms with van der Waals surface area (Å²) in [5.41, 5.74) is 10.7. The SMILES string of the molecule is CC(=O)Cn1ncc(-c2n[nH]c3ccc4nc(-c5ccc6c(c5)C=NC6)c5c(c4c23)CCCC5)n1. The van der Waals surface area contributed by atoms with E-state index in [1.54, 1.807) is 6.20 Å². The largest absolute Gasteiger partial charge is 0.298 e. The number of aryl methyl sites for hydroxylation is 1. The van der Waals surface area contributed by atoms with E-state index in [2.05, 4.69) is 49.7 Å². The maximum Gasteiger partial charge on any atom is 0.153 e. The smallest absolute Gasteiger partial charge is 0.153 e. The van der Waals surface area contributed by atoms with Crippen LogP contribution in [0.15, 0.2) is 41.5 Å². The number of pyridine rings is 1. The Morgan fingerprint density at radius 1 is 1.06 bits per heavy atom. The van der Waals surface area contributed by atoms with Crippen LogP contribution >= 0.6 is 0 Å². The van der Waals surface area contributed by atoms with E-state index < -0.39 is 0 Å². The molecule has 0 fully saturated rings. The first-order chi connectivity index (χ1) is 17.2. The number of aliphatic imine (C=N–C) groups is 1. The number of hydrogen-bond acceptors (Lipinski definition) is 6. The van der Waals surface area contributed by atoms with E-state index in [1.165, 1.54) is 34.0 Å². The quantitative estimate of drug-likeness (QED) is 0.426. The van der Waals surface area contributed by atoms with Crippen LogP contribution in [0.1, 0.15) is 42.0 Å². The van der Waals surface area contributed by atoms with Crippen LogP contribution in [-0.4, -0.2) is 42.2 Å². The van der Waals surface area contributed by atoms with Crippen molar-refractivity contribution in [2.45, 2.75) is 45.7 Å². The maximum absolute atomic E-state index is 11.5. The van der Waals surface area contributed by atoms with Crippen LogP contribution in [0.5, 0.6) is 0 Å². The molecule has 0 saturated carbocycles. The molecule has 4 heterocycles. The van der Waals surface area contributed by atoms with Gasteiger partial charge in [-0.2, -0.15) is 20.1 Å². The molecule has 0 amide bonds. The normalized spacial score (nSPS) is 14.5. The predicted molar refractivity (Wildman–Crippen MR) is 134 cm³/mol. The van der Waals surface area contributed by atoms with Gasteiger partial charge in [0.15, 0.2) is 5.78 Å². The van der Waals surface area contributed by atoms with Gasteiger partial charge in [0.1, 0.15) is 17.9 Å². The molecule has 3 aromatic heterocycles. The maximum atomic E-state index is 11.5. The minimum Gasteiger partial charge on any atom is -0.298 e. The number of aromatic amines is 1. The van der Waals surface area contributed by atoms with E-state index >= 15 is 0 Å². The zero-order valence-corrected chi connectivity index (χ0v) is 19.4. The molecule has 0 atom stereocenters. The van der Waals surface area contributed by atoms with Gasteiger partial charge in [-0.1, -0.05) is 12.1 Å². The van der Waals surface area contributed by atoms with Gasteiger partial charge in [-0.15, -0.1) is 0 Å². The van der Waals surface area contributed by atoms with Crippen molar-refractivity contribution in [1.29, 1.82) is 0 Å². The topological polar surface area (TPSA) is 102 Å². The van der Waals surface area contributed by atoms with Crippen molar-refractivity contribution in [1.82, 2.24) is 30.2 Å². The number of ketones is 1. The lowest BCUT2D eigenvalue weighted by Crippen LogP contribution is -2.09. The summed E-state index contributed by atoms with van der Waals surface area (Å²) in [6, 6.07) is 10.7. The number of Topliss-reactive ketones (excluding diaryl/α,β-unsaturated/α-hetero) is 1. The average molecular weight is 462 g/mol. The van der Waals surface area contributed by atoms with Crippen molar-refractivity contribution in [2.24, 2.45) is 4.99 Å². The summed E-state index contributed by atoms with van der Waals surface area (Å²) in [6.07, 6.45) is 7.98. The lowest BCUT2D eigenvalue weighted by Gasteiger charge is -2.22. The standard InChI is InChI=1S/C27H23N7O/c1-15(35)14-34-29-13-23(33-34)27-25-22(31-32-27)9-8-21-24(25)19-4-2-3-5-20(19)26(30-21)16-6-7-17-11-28-12-18(17)10-16/h6-10,12-13H,2-5,11,14H2,1H3,(H,31,32). The Morgan fingerprint density at radius 3 is 2.83 bits per heavy atom. The van der Waals surface area contributed by atoms with Gasteiger partial charge in [-0.25, -0.2) is 4.98 Å². The highest BCUT2D eigenvalue weighted by atomic mass is 16.1. The van der Waals surface area contributed by atoms with E-state index in [1.807, 2.05) is 12.3 Å². The van der Waals surface area contributed by atoms with Gasteiger partial charge in [0.05, 0.1) is 29.5 Å². The highest BCUT2D eigenvalue weighted by Crippen LogP contribution is 2.40. The second kappa shape index (κ2) is 7.66. The minimum absolute atomic E-state index is 0.00751. The monoisotopic (exact) mass is 461 g/mol. The van der Waals surface area contributed by atoms with Crippen LogP contribution in [0.4, 0.5) is 0 Å². The van der Waals surface area contributed by atoms with E-state index in [9.17, 15) is 4.79 Å². The fourth-order valence-electron chi connectivity index (χ4n) is 5.49. The zero-order chi connectivity index (χ0) is 23.5. The van der Waals surface area contributed by atoms with Crippen LogP contribution in [0.3, 0.4) is 0 Å². The Labute approximate surface area is 201 Å². The van der Waals surface area contributed by atoms with E-state index in [-0.39, 0.29) is 12.3 Å². The van der Waals surface area contributed by atoms with Gasteiger partial charge in [-0.05, 0) is 73.1 Å². The highest BCUT2D eigenvalue weighted by molar-refractivity contribution is 6.13. The van der Waals surface area contributed by atoms with Crippen molar-refractivity contribution >= 4 is 33.8 Å². The van der Waals surface area contributed by atoms with Crippen LogP contribution in [0.25, 0.3) is 44.5 Å². The second-order valence-corrected chi connectivity index (χ2v) is 9.42. The molecule has 8 nitrogen and oxygen atoms in total. The van der Waals surface area contributed by atoms with Crippen molar-refractivity contribution in [3.63, 3.8) is 0 Å². The third-order valence-electron chi connectivity index (χ3n) is 7.05. The molecular formula is C27H23N7O. The fraction of sp³-hybridized carbons (Fsp3) is 0.259. The molecule has 0 radical (unpaired) electrons. The summed E-state index contributed by atoms with van der Waals surface area (Å²) in [6.45, 7) is 2.44. The van der Waals surface area contributed by atoms with Crippen LogP contribution in [-0.2, 0) is 30.7 Å². The Morgan fingerprint density at radius 2 is 1.94 bits per heavy atom. The summed E-state index contributed by atoms with van der Waals surface area (Å²) in [5, 5.41) is 18.8. The van der Waals surface area contributed by atoms with Crippen LogP contribution in [0, 0.1) is 0 Å². The number of hydrogen-bond donors (Lipinski definition) is 1. The number of rotatable bonds is 4. The molecule has 2 aliphatic rings. The second-order valence-electron chi connectivity index (χ2n) is 9.42. The fourth-order valence-corrected chi connectivity index (χ4v) is 5.49. The number of aromatic nitrogens is 6. The summed E-state index contributed by atoms with van der Waals surface area (Å²) >= 11 is 0. The van der Waals surface area contributed by atoms with Crippen molar-refractivity contribution in [3.05, 3.63) is 58.8 Å². The molecule has 1 aliphatic heterocycles. The Bertz CT molecular complexity index is 1690. The first-order valence-corrected chi connectivity index (χ1v) is 12.0. The average Bonchev–Trinajstić information content (AvgIpc) is 3.61. The number of fused-ring (bicyclic) bond motifs is 6. The first-order valence-electron chi connectivity index (χ1n) is 12.0. The van der Waals surface area contributed by atoms with Gasteiger partial charge in [-0.3, -0.25) is 14.9 Å². The molecule has 1 N–H and O–H groups in total. The number of carbonyl (C=O) groups excluding carboxylic acids is 1. The predicted octanol–water partition coefficient (Wildman–Crippen LogP) is 4.44. The molecular weight excluding hydrogens is 438 g/mol. The van der Waals surface area contributed by atoms with E-state index in [0.717, 1.165) is 71.0 Å². The molecule has 8 heteroatoms. The Kier molecular flexibility index (Phi) is 4.42. The summed E-state index contributed by atoms with van der Waals surface area (Å²) < 4.78 is 0. The molecule has 0 bridgehead atoms. The van der Waals surface area contributed by atoms with Gasteiger partial charge in [0.2, 0.25) is 0 Å². The molecule has 5 aromatic rings. The van der Waals surface area contributed by atoms with Gasteiger partial charge in [0.25, 0.3) is 0 Å². The molecule has 35 heavy (non-hydrogen) atoms. The molecule has 1 aliphatic carbocycles. The Balaban J connectivity index is 1.47. The molecule has 0 saturated heterocycles. The zero-order valence-electron chi connectivity index (χ0n) is 19.4. The van der Waals surface area contributed by atoms with Crippen molar-refractivity contribution in [3.8, 4) is 22.6 Å². The van der Waals surface area contributed by atoms with Crippen molar-refractivity contribution < 1.29 is 4.79 Å². The van der Waals surface area contributed by atoms with Gasteiger partial charge >= 0.3 is 0 Å². The minimum atomic E-state index is 0.00751. The lowest BCUT2D eigenvalue weighted by molar-refractivity contribution is -0.117. The van der Waals surface area contributed by atoms with Gasteiger partial charge in [0, 0.05) is 22.6 Å². The summed E-state index contributed by atoms with van der Waals surface area (Å²) in [7, 11) is 0. The number of benzene rings is 2. The third kappa shape index (κ3) is 3.20. The number of carbonyl (C=O) groups is 1. The Hall–Kier alpha value is -4.20. The van der Waals surface area contributed by atoms with Crippen LogP contribution < -0.4 is 0 Å². The number of H-pyrrole nitrogens is 1. The molecule has 2 aromatic carbocycles. The molecule has 7 rings (SSSR count). The first kappa shape index (κ1) is 20.2. The summed E-state index contributed by atoms with van der Waals surface area (Å²) in [4.78, 5) is 22.6. The number of nitrogens with one attached hydrogen (secondary N) is 1. The lowest BCUT2D eigenvalue weighted by atomic mass is 9.85. The van der Waals surface area contributed by atoms with E-state index in [4.69, 9.17) is 4.98 Å². The van der Waals surface area contributed by atoms with Crippen molar-refractivity contribution in [2.75, 3.05) is 0 Å². The summed E-state index contributed by atoms with van der Waals surface area (Å²) in [5.74, 6) is 0.00751. The van der Waals surface area contributed by atoms with Crippen LogP contribution in [0.2, 0.25) is 0 Å². The molecule has 0 spiro atoms. The molecule has 172 valence electrons. The van der Waals surface area contributed by atoms with Gasteiger partial charge < -0.3 is 0 Å².